The van der Waals surface area contributed by atoms with Crippen molar-refractivity contribution in [2.45, 2.75) is 26.2 Å². The van der Waals surface area contributed by atoms with Gasteiger partial charge < -0.3 is 24.4 Å². The van der Waals surface area contributed by atoms with Gasteiger partial charge in [-0.05, 0) is 26.3 Å². The maximum atomic E-state index is 12.6. The van der Waals surface area contributed by atoms with Gasteiger partial charge in [0.1, 0.15) is 5.76 Å². The molecule has 0 spiro atoms. The van der Waals surface area contributed by atoms with Crippen LogP contribution in [-0.4, -0.2) is 72.7 Å². The lowest BCUT2D eigenvalue weighted by molar-refractivity contribution is -0.141. The number of piperidine rings is 1. The van der Waals surface area contributed by atoms with E-state index < -0.39 is 0 Å². The summed E-state index contributed by atoms with van der Waals surface area (Å²) >= 11 is 0. The first-order chi connectivity index (χ1) is 12.1. The van der Waals surface area contributed by atoms with Gasteiger partial charge in [-0.1, -0.05) is 5.16 Å². The van der Waals surface area contributed by atoms with Gasteiger partial charge >= 0.3 is 0 Å². The fourth-order valence-electron chi connectivity index (χ4n) is 3.39. The molecule has 1 aromatic rings. The molecule has 8 nitrogen and oxygen atoms in total. The number of nitrogens with one attached hydrogen (secondary N) is 1. The minimum atomic E-state index is -0.0880. The maximum Gasteiger partial charge on any atom is 0.227 e. The largest absolute Gasteiger partial charge is 0.378 e. The van der Waals surface area contributed by atoms with Crippen LogP contribution in [0.1, 0.15) is 25.0 Å². The fourth-order valence-corrected chi connectivity index (χ4v) is 3.39. The summed E-state index contributed by atoms with van der Waals surface area (Å²) in [6.07, 6.45) is 2.30. The van der Waals surface area contributed by atoms with Crippen LogP contribution in [0.15, 0.2) is 10.6 Å². The molecule has 1 aromatic heterocycles. The van der Waals surface area contributed by atoms with E-state index in [-0.39, 0.29) is 17.7 Å². The van der Waals surface area contributed by atoms with Gasteiger partial charge in [0.05, 0.1) is 19.1 Å². The Hall–Kier alpha value is -1.93. The second-order valence-corrected chi connectivity index (χ2v) is 6.70. The minimum Gasteiger partial charge on any atom is -0.378 e. The van der Waals surface area contributed by atoms with Gasteiger partial charge in [0, 0.05) is 38.7 Å². The smallest absolute Gasteiger partial charge is 0.227 e. The molecule has 0 aromatic carbocycles. The Bertz CT molecular complexity index is 597. The first kappa shape index (κ1) is 17.9. The van der Waals surface area contributed by atoms with Gasteiger partial charge in [0.25, 0.3) is 0 Å². The van der Waals surface area contributed by atoms with Gasteiger partial charge in [-0.25, -0.2) is 0 Å². The van der Waals surface area contributed by atoms with Crippen molar-refractivity contribution in [2.75, 3.05) is 51.3 Å². The predicted molar refractivity (Wildman–Crippen MR) is 91.0 cm³/mol. The highest BCUT2D eigenvalue weighted by molar-refractivity contribution is 5.89. The number of anilines is 1. The van der Waals surface area contributed by atoms with Gasteiger partial charge in [0.2, 0.25) is 11.8 Å². The van der Waals surface area contributed by atoms with Crippen LogP contribution < -0.4 is 5.32 Å². The van der Waals surface area contributed by atoms with E-state index in [9.17, 15) is 9.59 Å². The highest BCUT2D eigenvalue weighted by Gasteiger charge is 2.30. The lowest BCUT2D eigenvalue weighted by Crippen LogP contribution is -2.48. The number of morpholine rings is 1. The van der Waals surface area contributed by atoms with Crippen molar-refractivity contribution in [1.29, 1.82) is 0 Å². The highest BCUT2D eigenvalue weighted by atomic mass is 16.5. The molecular weight excluding hydrogens is 324 g/mol. The fraction of sp³-hybridized carbons (Fsp3) is 0.706. The third-order valence-electron chi connectivity index (χ3n) is 4.73. The third-order valence-corrected chi connectivity index (χ3v) is 4.73. The van der Waals surface area contributed by atoms with Crippen LogP contribution in [-0.2, 0) is 14.3 Å². The molecule has 1 unspecified atom stereocenters. The third kappa shape index (κ3) is 5.02. The number of rotatable bonds is 5. The van der Waals surface area contributed by atoms with E-state index in [0.29, 0.717) is 50.8 Å². The monoisotopic (exact) mass is 350 g/mol. The second-order valence-electron chi connectivity index (χ2n) is 6.70. The van der Waals surface area contributed by atoms with Crippen LogP contribution in [0.2, 0.25) is 0 Å². The number of aryl methyl sites for hydroxylation is 1. The number of likely N-dealkylation sites (tertiary alicyclic amines) is 1. The standard InChI is InChI=1S/C17H26N4O4/c1-13-11-15(19-25-13)18-16(22)4-6-20-5-2-3-14(12-20)17(23)21-7-9-24-10-8-21/h11,14H,2-10,12H2,1H3,(H,18,19,22). The van der Waals surface area contributed by atoms with E-state index in [1.165, 1.54) is 0 Å². The average molecular weight is 350 g/mol. The normalized spacial score (nSPS) is 22.0. The van der Waals surface area contributed by atoms with Gasteiger partial charge in [0.15, 0.2) is 5.82 Å². The first-order valence-electron chi connectivity index (χ1n) is 8.94. The van der Waals surface area contributed by atoms with Crippen molar-refractivity contribution in [3.8, 4) is 0 Å². The first-order valence-corrected chi connectivity index (χ1v) is 8.94. The Kier molecular flexibility index (Phi) is 6.04. The Balaban J connectivity index is 1.43. The zero-order valence-corrected chi connectivity index (χ0v) is 14.7. The molecule has 2 fully saturated rings. The van der Waals surface area contributed by atoms with E-state index >= 15 is 0 Å². The Labute approximate surface area is 147 Å². The molecule has 2 amide bonds. The molecule has 8 heteroatoms. The van der Waals surface area contributed by atoms with E-state index in [1.54, 1.807) is 13.0 Å². The molecule has 2 aliphatic heterocycles. The predicted octanol–water partition coefficient (Wildman–Crippen LogP) is 0.882. The lowest BCUT2D eigenvalue weighted by Gasteiger charge is -2.36. The number of hydrogen-bond acceptors (Lipinski definition) is 6. The zero-order valence-electron chi connectivity index (χ0n) is 14.7. The van der Waals surface area contributed by atoms with Gasteiger partial charge in [-0.3, -0.25) is 9.59 Å². The SMILES string of the molecule is Cc1cc(NC(=O)CCN2CCCC(C(=O)N3CCOCC3)C2)no1. The van der Waals surface area contributed by atoms with Crippen molar-refractivity contribution < 1.29 is 18.8 Å². The Morgan fingerprint density at radius 3 is 2.84 bits per heavy atom. The molecule has 1 atom stereocenters. The summed E-state index contributed by atoms with van der Waals surface area (Å²) in [7, 11) is 0. The Morgan fingerprint density at radius 2 is 2.12 bits per heavy atom. The van der Waals surface area contributed by atoms with Crippen LogP contribution in [0, 0.1) is 12.8 Å². The average Bonchev–Trinajstić information content (AvgIpc) is 3.05. The molecule has 0 bridgehead atoms. The van der Waals surface area contributed by atoms with Crippen molar-refractivity contribution in [3.63, 3.8) is 0 Å². The molecule has 0 aliphatic carbocycles. The second kappa shape index (κ2) is 8.44. The van der Waals surface area contributed by atoms with E-state index in [0.717, 1.165) is 25.9 Å². The quantitative estimate of drug-likeness (QED) is 0.848. The van der Waals surface area contributed by atoms with Crippen LogP contribution in [0.4, 0.5) is 5.82 Å². The minimum absolute atomic E-state index is 0.0353. The number of carbonyl (C=O) groups excluding carboxylic acids is 2. The summed E-state index contributed by atoms with van der Waals surface area (Å²) in [5.74, 6) is 1.29. The van der Waals surface area contributed by atoms with Gasteiger partial charge in [-0.2, -0.15) is 0 Å². The van der Waals surface area contributed by atoms with Gasteiger partial charge in [-0.15, -0.1) is 0 Å². The van der Waals surface area contributed by atoms with Crippen LogP contribution in [0.25, 0.3) is 0 Å². The molecule has 3 rings (SSSR count). The summed E-state index contributed by atoms with van der Waals surface area (Å²) in [4.78, 5) is 28.8. The Morgan fingerprint density at radius 1 is 1.32 bits per heavy atom. The van der Waals surface area contributed by atoms with E-state index in [2.05, 4.69) is 15.4 Å². The van der Waals surface area contributed by atoms with Crippen LogP contribution in [0.5, 0.6) is 0 Å². The molecule has 2 aliphatic rings. The summed E-state index contributed by atoms with van der Waals surface area (Å²) in [6.45, 7) is 6.73. The lowest BCUT2D eigenvalue weighted by atomic mass is 9.96. The van der Waals surface area contributed by atoms with E-state index in [4.69, 9.17) is 9.26 Å². The van der Waals surface area contributed by atoms with Crippen molar-refractivity contribution >= 4 is 17.6 Å². The molecule has 0 saturated carbocycles. The summed E-state index contributed by atoms with van der Waals surface area (Å²) in [5, 5.41) is 6.49. The van der Waals surface area contributed by atoms with E-state index in [1.807, 2.05) is 4.90 Å². The van der Waals surface area contributed by atoms with Crippen LogP contribution >= 0.6 is 0 Å². The molecule has 1 N–H and O–H groups in total. The molecular formula is C17H26N4O4. The number of nitrogens with zero attached hydrogens (tertiary/aromatic N) is 3. The topological polar surface area (TPSA) is 87.9 Å². The van der Waals surface area contributed by atoms with Crippen molar-refractivity contribution in [1.82, 2.24) is 15.0 Å². The number of carbonyl (C=O) groups is 2. The molecule has 3 heterocycles. The number of hydrogen-bond donors (Lipinski definition) is 1. The maximum absolute atomic E-state index is 12.6. The number of ether oxygens (including phenoxy) is 1. The van der Waals surface area contributed by atoms with Crippen molar-refractivity contribution in [2.24, 2.45) is 5.92 Å². The van der Waals surface area contributed by atoms with Crippen LogP contribution in [0.3, 0.4) is 0 Å². The highest BCUT2D eigenvalue weighted by Crippen LogP contribution is 2.20. The molecule has 0 radical (unpaired) electrons. The summed E-state index contributed by atoms with van der Waals surface area (Å²) < 4.78 is 10.2. The van der Waals surface area contributed by atoms with Crippen molar-refractivity contribution in [3.05, 3.63) is 11.8 Å². The number of aromatic nitrogens is 1. The zero-order chi connectivity index (χ0) is 17.6. The number of amides is 2. The molecule has 138 valence electrons. The summed E-state index contributed by atoms with van der Waals surface area (Å²) in [5.41, 5.74) is 0. The molecule has 25 heavy (non-hydrogen) atoms. The molecule has 2 saturated heterocycles. The summed E-state index contributed by atoms with van der Waals surface area (Å²) in [6, 6.07) is 1.69.